The first kappa shape index (κ1) is 11.8. The first-order chi connectivity index (χ1) is 8.02. The van der Waals surface area contributed by atoms with Crippen LogP contribution in [0.25, 0.3) is 0 Å². The van der Waals surface area contributed by atoms with E-state index in [-0.39, 0.29) is 17.2 Å². The van der Waals surface area contributed by atoms with Crippen LogP contribution in [0, 0.1) is 0 Å². The van der Waals surface area contributed by atoms with Crippen LogP contribution >= 0.6 is 11.8 Å². The Morgan fingerprint density at radius 3 is 2.76 bits per heavy atom. The third kappa shape index (κ3) is 1.95. The molecule has 5 nitrogen and oxygen atoms in total. The number of hydrogen-bond donors (Lipinski definition) is 2. The van der Waals surface area contributed by atoms with Crippen molar-refractivity contribution in [1.29, 1.82) is 0 Å². The van der Waals surface area contributed by atoms with E-state index >= 15 is 0 Å². The number of carboxylic acids is 1. The van der Waals surface area contributed by atoms with E-state index in [4.69, 9.17) is 5.73 Å². The van der Waals surface area contributed by atoms with Gasteiger partial charge < -0.3 is 15.7 Å². The third-order valence-electron chi connectivity index (χ3n) is 2.61. The fourth-order valence-electron chi connectivity index (χ4n) is 1.87. The molecule has 0 saturated heterocycles. The number of benzene rings is 1. The second-order valence-corrected chi connectivity index (χ2v) is 4.84. The number of aromatic carboxylic acids is 1. The minimum atomic E-state index is -1.10. The topological polar surface area (TPSA) is 83.6 Å². The second kappa shape index (κ2) is 4.29. The summed E-state index contributed by atoms with van der Waals surface area (Å²) < 4.78 is 0. The molecule has 1 aliphatic rings. The minimum absolute atomic E-state index is 0.0184. The number of carbonyl (C=O) groups excluding carboxylic acids is 1. The van der Waals surface area contributed by atoms with Crippen molar-refractivity contribution < 1.29 is 14.7 Å². The average molecular weight is 252 g/mol. The predicted molar refractivity (Wildman–Crippen MR) is 66.6 cm³/mol. The predicted octanol–water partition coefficient (Wildman–Crippen LogP) is 1.43. The Balaban J connectivity index is 2.68. The third-order valence-corrected chi connectivity index (χ3v) is 3.64. The zero-order valence-electron chi connectivity index (χ0n) is 9.27. The summed E-state index contributed by atoms with van der Waals surface area (Å²) in [6.07, 6.45) is 0. The molecule has 0 aromatic heterocycles. The lowest BCUT2D eigenvalue weighted by atomic mass is 10.1. The number of rotatable bonds is 1. The van der Waals surface area contributed by atoms with Gasteiger partial charge in [-0.15, -0.1) is 11.8 Å². The molecule has 1 aliphatic heterocycles. The number of nitrogens with two attached hydrogens (primary N) is 1. The van der Waals surface area contributed by atoms with Gasteiger partial charge in [0.25, 0.3) is 0 Å². The molecule has 0 unspecified atom stereocenters. The molecule has 0 aliphatic carbocycles. The fourth-order valence-corrected chi connectivity index (χ4v) is 2.88. The smallest absolute Gasteiger partial charge is 0.339 e. The van der Waals surface area contributed by atoms with Crippen molar-refractivity contribution in [2.24, 2.45) is 0 Å². The van der Waals surface area contributed by atoms with Gasteiger partial charge in [-0.1, -0.05) is 0 Å². The maximum absolute atomic E-state index is 11.5. The number of anilines is 2. The molecule has 1 amide bonds. The van der Waals surface area contributed by atoms with Gasteiger partial charge in [-0.2, -0.15) is 0 Å². The van der Waals surface area contributed by atoms with Crippen LogP contribution in [0.1, 0.15) is 17.3 Å². The summed E-state index contributed by atoms with van der Waals surface area (Å²) in [6.45, 7) is 1.94. The number of nitrogens with zero attached hydrogens (tertiary/aromatic N) is 1. The van der Waals surface area contributed by atoms with Crippen LogP contribution in [-0.2, 0) is 4.79 Å². The van der Waals surface area contributed by atoms with Crippen molar-refractivity contribution in [1.82, 2.24) is 0 Å². The maximum atomic E-state index is 11.5. The van der Waals surface area contributed by atoms with Gasteiger partial charge in [0.2, 0.25) is 5.91 Å². The Morgan fingerprint density at radius 2 is 2.18 bits per heavy atom. The molecule has 0 spiro atoms. The van der Waals surface area contributed by atoms with Crippen LogP contribution in [0.15, 0.2) is 17.0 Å². The Hall–Kier alpha value is -1.69. The largest absolute Gasteiger partial charge is 0.478 e. The van der Waals surface area contributed by atoms with E-state index in [0.717, 1.165) is 10.6 Å². The van der Waals surface area contributed by atoms with E-state index in [9.17, 15) is 14.7 Å². The quantitative estimate of drug-likeness (QED) is 0.739. The Morgan fingerprint density at radius 1 is 1.47 bits per heavy atom. The van der Waals surface area contributed by atoms with E-state index in [1.54, 1.807) is 12.1 Å². The Bertz CT molecular complexity index is 502. The lowest BCUT2D eigenvalue weighted by Crippen LogP contribution is -2.35. The van der Waals surface area contributed by atoms with Gasteiger partial charge in [0, 0.05) is 29.8 Å². The molecule has 0 fully saturated rings. The molecule has 1 heterocycles. The lowest BCUT2D eigenvalue weighted by molar-refractivity contribution is -0.116. The van der Waals surface area contributed by atoms with E-state index in [1.165, 1.54) is 23.6 Å². The number of hydrogen-bond acceptors (Lipinski definition) is 4. The van der Waals surface area contributed by atoms with Crippen LogP contribution in [-0.4, -0.2) is 29.3 Å². The van der Waals surface area contributed by atoms with Gasteiger partial charge >= 0.3 is 5.97 Å². The standard InChI is InChI=1S/C11H12N2O3S/c1-6(14)13-4-5-17-8-3-2-7(12)9(10(8)13)11(15)16/h2-3H,4-5,12H2,1H3,(H,15,16). The summed E-state index contributed by atoms with van der Waals surface area (Å²) in [5, 5.41) is 9.19. The van der Waals surface area contributed by atoms with E-state index < -0.39 is 5.97 Å². The summed E-state index contributed by atoms with van der Waals surface area (Å²) in [5.74, 6) is -0.511. The zero-order valence-corrected chi connectivity index (χ0v) is 10.1. The zero-order chi connectivity index (χ0) is 12.6. The van der Waals surface area contributed by atoms with Gasteiger partial charge in [0.15, 0.2) is 0 Å². The minimum Gasteiger partial charge on any atom is -0.478 e. The highest BCUT2D eigenvalue weighted by atomic mass is 32.2. The summed E-state index contributed by atoms with van der Waals surface area (Å²) in [4.78, 5) is 25.0. The van der Waals surface area contributed by atoms with Crippen molar-refractivity contribution in [3.8, 4) is 0 Å². The number of thioether (sulfide) groups is 1. The lowest BCUT2D eigenvalue weighted by Gasteiger charge is -2.29. The van der Waals surface area contributed by atoms with Gasteiger partial charge in [-0.05, 0) is 12.1 Å². The van der Waals surface area contributed by atoms with Crippen molar-refractivity contribution >= 4 is 35.0 Å². The molecule has 1 aromatic rings. The first-order valence-electron chi connectivity index (χ1n) is 5.09. The Kier molecular flexibility index (Phi) is 2.97. The van der Waals surface area contributed by atoms with E-state index in [1.807, 2.05) is 0 Å². The van der Waals surface area contributed by atoms with Gasteiger partial charge in [0.1, 0.15) is 5.56 Å². The molecule has 6 heteroatoms. The van der Waals surface area contributed by atoms with E-state index in [2.05, 4.69) is 0 Å². The molecular weight excluding hydrogens is 240 g/mol. The summed E-state index contributed by atoms with van der Waals surface area (Å²) >= 11 is 1.54. The molecule has 0 saturated carbocycles. The van der Waals surface area contributed by atoms with Crippen molar-refractivity contribution in [3.05, 3.63) is 17.7 Å². The molecule has 0 bridgehead atoms. The molecule has 0 radical (unpaired) electrons. The van der Waals surface area contributed by atoms with Crippen LogP contribution < -0.4 is 10.6 Å². The molecule has 2 rings (SSSR count). The first-order valence-corrected chi connectivity index (χ1v) is 6.07. The molecule has 3 N–H and O–H groups in total. The van der Waals surface area contributed by atoms with Crippen LogP contribution in [0.2, 0.25) is 0 Å². The monoisotopic (exact) mass is 252 g/mol. The molecule has 17 heavy (non-hydrogen) atoms. The number of nitrogen functional groups attached to an aromatic ring is 1. The van der Waals surface area contributed by atoms with Crippen LogP contribution in [0.5, 0.6) is 0 Å². The average Bonchev–Trinajstić information content (AvgIpc) is 2.27. The van der Waals surface area contributed by atoms with Gasteiger partial charge in [0.05, 0.1) is 5.69 Å². The van der Waals surface area contributed by atoms with Crippen LogP contribution in [0.4, 0.5) is 11.4 Å². The molecule has 90 valence electrons. The van der Waals surface area contributed by atoms with Gasteiger partial charge in [-0.3, -0.25) is 4.79 Å². The molecular formula is C11H12N2O3S. The fraction of sp³-hybridized carbons (Fsp3) is 0.273. The highest BCUT2D eigenvalue weighted by Crippen LogP contribution is 2.39. The number of amides is 1. The number of carbonyl (C=O) groups is 2. The second-order valence-electron chi connectivity index (χ2n) is 3.70. The summed E-state index contributed by atoms with van der Waals surface area (Å²) in [5.41, 5.74) is 6.32. The molecule has 1 aromatic carbocycles. The number of fused-ring (bicyclic) bond motifs is 1. The van der Waals surface area contributed by atoms with Crippen LogP contribution in [0.3, 0.4) is 0 Å². The normalized spacial score (nSPS) is 14.3. The molecule has 0 atom stereocenters. The highest BCUT2D eigenvalue weighted by Gasteiger charge is 2.27. The Labute approximate surface area is 103 Å². The van der Waals surface area contributed by atoms with E-state index in [0.29, 0.717) is 12.2 Å². The van der Waals surface area contributed by atoms with Crippen molar-refractivity contribution in [2.45, 2.75) is 11.8 Å². The van der Waals surface area contributed by atoms with Crippen molar-refractivity contribution in [3.63, 3.8) is 0 Å². The van der Waals surface area contributed by atoms with Crippen molar-refractivity contribution in [2.75, 3.05) is 22.9 Å². The highest BCUT2D eigenvalue weighted by molar-refractivity contribution is 7.99. The maximum Gasteiger partial charge on any atom is 0.339 e. The summed E-state index contributed by atoms with van der Waals surface area (Å²) in [6, 6.07) is 3.33. The summed E-state index contributed by atoms with van der Waals surface area (Å²) in [7, 11) is 0. The SMILES string of the molecule is CC(=O)N1CCSc2ccc(N)c(C(=O)O)c21. The number of carboxylic acid groups (broad SMARTS) is 1. The van der Waals surface area contributed by atoms with Gasteiger partial charge in [-0.25, -0.2) is 4.79 Å².